The van der Waals surface area contributed by atoms with Gasteiger partial charge in [0, 0.05) is 13.2 Å². The summed E-state index contributed by atoms with van der Waals surface area (Å²) < 4.78 is 39.7. The van der Waals surface area contributed by atoms with Crippen LogP contribution in [0.15, 0.2) is 41.4 Å². The molecule has 0 saturated heterocycles. The summed E-state index contributed by atoms with van der Waals surface area (Å²) in [6, 6.07) is 6.58. The van der Waals surface area contributed by atoms with Crippen LogP contribution in [0.3, 0.4) is 0 Å². The third kappa shape index (κ3) is 3.17. The molecule has 0 bridgehead atoms. The Morgan fingerprint density at radius 3 is 2.55 bits per heavy atom. The summed E-state index contributed by atoms with van der Waals surface area (Å²) >= 11 is 5.53. The maximum absolute atomic E-state index is 13.3. The largest absolute Gasteiger partial charge is 0.373 e. The average Bonchev–Trinajstić information content (AvgIpc) is 2.43. The molecule has 0 radical (unpaired) electrons. The van der Waals surface area contributed by atoms with Gasteiger partial charge in [-0.05, 0) is 30.3 Å². The number of hydrogen-bond acceptors (Lipinski definition) is 4. The molecular formula is C12H11ClFN3O2S. The summed E-state index contributed by atoms with van der Waals surface area (Å²) in [5.74, 6) is -0.156. The lowest BCUT2D eigenvalue weighted by atomic mass is 10.3. The predicted molar refractivity (Wildman–Crippen MR) is 76.0 cm³/mol. The van der Waals surface area contributed by atoms with Gasteiger partial charge in [-0.15, -0.1) is 0 Å². The molecule has 1 aromatic heterocycles. The van der Waals surface area contributed by atoms with Gasteiger partial charge in [0.25, 0.3) is 10.0 Å². The van der Waals surface area contributed by atoms with Crippen molar-refractivity contribution in [1.82, 2.24) is 4.98 Å². The Morgan fingerprint density at radius 2 is 2.00 bits per heavy atom. The van der Waals surface area contributed by atoms with Crippen molar-refractivity contribution >= 4 is 33.1 Å². The van der Waals surface area contributed by atoms with Crippen LogP contribution in [0.2, 0.25) is 5.02 Å². The first kappa shape index (κ1) is 14.5. The van der Waals surface area contributed by atoms with E-state index >= 15 is 0 Å². The van der Waals surface area contributed by atoms with Crippen molar-refractivity contribution in [2.24, 2.45) is 0 Å². The number of anilines is 2. The highest BCUT2D eigenvalue weighted by Crippen LogP contribution is 2.21. The van der Waals surface area contributed by atoms with Crippen LogP contribution in [-0.2, 0) is 10.0 Å². The third-order valence-electron chi connectivity index (χ3n) is 2.47. The fourth-order valence-electron chi connectivity index (χ4n) is 1.46. The van der Waals surface area contributed by atoms with E-state index in [9.17, 15) is 12.8 Å². The lowest BCUT2D eigenvalue weighted by Crippen LogP contribution is -2.13. The summed E-state index contributed by atoms with van der Waals surface area (Å²) in [6.45, 7) is 0. The van der Waals surface area contributed by atoms with Crippen molar-refractivity contribution in [3.63, 3.8) is 0 Å². The lowest BCUT2D eigenvalue weighted by Gasteiger charge is -2.08. The first-order chi connectivity index (χ1) is 9.42. The van der Waals surface area contributed by atoms with Crippen LogP contribution in [-0.4, -0.2) is 20.4 Å². The van der Waals surface area contributed by atoms with E-state index in [-0.39, 0.29) is 15.6 Å². The van der Waals surface area contributed by atoms with E-state index in [0.717, 1.165) is 6.07 Å². The molecule has 0 aliphatic heterocycles. The van der Waals surface area contributed by atoms with E-state index in [2.05, 4.69) is 15.0 Å². The number of sulfonamides is 1. The number of hydrogen-bond donors (Lipinski definition) is 2. The fraction of sp³-hybridized carbons (Fsp3) is 0.0833. The van der Waals surface area contributed by atoms with Crippen LogP contribution in [0.1, 0.15) is 0 Å². The number of benzene rings is 1. The van der Waals surface area contributed by atoms with E-state index in [4.69, 9.17) is 11.6 Å². The lowest BCUT2D eigenvalue weighted by molar-refractivity contribution is 0.600. The number of nitrogens with zero attached hydrogens (tertiary/aromatic N) is 1. The minimum absolute atomic E-state index is 0.0214. The van der Waals surface area contributed by atoms with Gasteiger partial charge in [0.1, 0.15) is 16.5 Å². The van der Waals surface area contributed by atoms with Gasteiger partial charge in [0.05, 0.1) is 10.7 Å². The molecule has 2 rings (SSSR count). The van der Waals surface area contributed by atoms with Gasteiger partial charge in [-0.1, -0.05) is 11.6 Å². The minimum atomic E-state index is -3.82. The Balaban J connectivity index is 2.27. The zero-order valence-electron chi connectivity index (χ0n) is 10.4. The molecule has 0 amide bonds. The van der Waals surface area contributed by atoms with E-state index in [1.165, 1.54) is 30.5 Å². The van der Waals surface area contributed by atoms with Gasteiger partial charge in [-0.3, -0.25) is 4.72 Å². The van der Waals surface area contributed by atoms with Gasteiger partial charge in [0.2, 0.25) is 0 Å². The van der Waals surface area contributed by atoms with Crippen molar-refractivity contribution in [1.29, 1.82) is 0 Å². The zero-order chi connectivity index (χ0) is 14.8. The zero-order valence-corrected chi connectivity index (χ0v) is 12.0. The van der Waals surface area contributed by atoms with Gasteiger partial charge in [-0.25, -0.2) is 17.8 Å². The molecule has 0 aliphatic carbocycles. The predicted octanol–water partition coefficient (Wildman–Crippen LogP) is 2.72. The minimum Gasteiger partial charge on any atom is -0.373 e. The molecule has 8 heteroatoms. The first-order valence-corrected chi connectivity index (χ1v) is 7.40. The maximum Gasteiger partial charge on any atom is 0.263 e. The Morgan fingerprint density at radius 1 is 1.25 bits per heavy atom. The number of nitrogens with one attached hydrogen (secondary N) is 2. The number of rotatable bonds is 4. The second-order valence-electron chi connectivity index (χ2n) is 3.86. The molecule has 1 heterocycles. The standard InChI is InChI=1S/C12H11ClFN3O2S/c1-15-12-5-3-9(7-16-12)20(18,19)17-8-2-4-10(13)11(14)6-8/h2-7,17H,1H3,(H,15,16). The van der Waals surface area contributed by atoms with Crippen molar-refractivity contribution in [2.45, 2.75) is 4.90 Å². The highest BCUT2D eigenvalue weighted by atomic mass is 35.5. The monoisotopic (exact) mass is 315 g/mol. The van der Waals surface area contributed by atoms with Crippen LogP contribution in [0.25, 0.3) is 0 Å². The van der Waals surface area contributed by atoms with Crippen molar-refractivity contribution in [3.05, 3.63) is 47.4 Å². The summed E-state index contributed by atoms with van der Waals surface area (Å²) in [5.41, 5.74) is 0.0876. The molecule has 0 unspecified atom stereocenters. The second kappa shape index (κ2) is 5.64. The van der Waals surface area contributed by atoms with Crippen molar-refractivity contribution < 1.29 is 12.8 Å². The van der Waals surface area contributed by atoms with Crippen LogP contribution in [0, 0.1) is 5.82 Å². The Labute approximate surface area is 120 Å². The topological polar surface area (TPSA) is 71.1 Å². The highest BCUT2D eigenvalue weighted by Gasteiger charge is 2.15. The Kier molecular flexibility index (Phi) is 4.10. The molecule has 2 aromatic rings. The van der Waals surface area contributed by atoms with Crippen LogP contribution in [0.5, 0.6) is 0 Å². The van der Waals surface area contributed by atoms with Crippen LogP contribution < -0.4 is 10.0 Å². The second-order valence-corrected chi connectivity index (χ2v) is 5.95. The summed E-state index contributed by atoms with van der Waals surface area (Å²) in [6.07, 6.45) is 1.21. The molecule has 0 saturated carbocycles. The fourth-order valence-corrected chi connectivity index (χ4v) is 2.57. The normalized spacial score (nSPS) is 11.2. The highest BCUT2D eigenvalue weighted by molar-refractivity contribution is 7.92. The first-order valence-electron chi connectivity index (χ1n) is 5.54. The SMILES string of the molecule is CNc1ccc(S(=O)(=O)Nc2ccc(Cl)c(F)c2)cn1. The molecule has 0 spiro atoms. The Hall–Kier alpha value is -1.86. The molecule has 5 nitrogen and oxygen atoms in total. The number of aromatic nitrogens is 1. The molecule has 106 valence electrons. The molecular weight excluding hydrogens is 305 g/mol. The van der Waals surface area contributed by atoms with Crippen molar-refractivity contribution in [3.8, 4) is 0 Å². The van der Waals surface area contributed by atoms with E-state index in [1.807, 2.05) is 0 Å². The maximum atomic E-state index is 13.3. The number of pyridine rings is 1. The molecule has 0 aliphatic rings. The van der Waals surface area contributed by atoms with Crippen LogP contribution in [0.4, 0.5) is 15.9 Å². The van der Waals surface area contributed by atoms with Crippen molar-refractivity contribution in [2.75, 3.05) is 17.1 Å². The quantitative estimate of drug-likeness (QED) is 0.910. The van der Waals surface area contributed by atoms with Gasteiger partial charge in [0.15, 0.2) is 0 Å². The van der Waals surface area contributed by atoms with E-state index in [0.29, 0.717) is 5.82 Å². The Bertz CT molecular complexity index is 720. The van der Waals surface area contributed by atoms with Gasteiger partial charge in [-0.2, -0.15) is 0 Å². The molecule has 0 fully saturated rings. The third-order valence-corrected chi connectivity index (χ3v) is 4.15. The molecule has 2 N–H and O–H groups in total. The van der Waals surface area contributed by atoms with E-state index in [1.54, 1.807) is 7.05 Å². The van der Waals surface area contributed by atoms with Gasteiger partial charge < -0.3 is 5.32 Å². The summed E-state index contributed by atoms with van der Waals surface area (Å²) in [5, 5.41) is 2.70. The molecule has 20 heavy (non-hydrogen) atoms. The average molecular weight is 316 g/mol. The smallest absolute Gasteiger partial charge is 0.263 e. The summed E-state index contributed by atoms with van der Waals surface area (Å²) in [7, 11) is -2.15. The van der Waals surface area contributed by atoms with E-state index < -0.39 is 15.8 Å². The number of halogens is 2. The van der Waals surface area contributed by atoms with Crippen LogP contribution >= 0.6 is 11.6 Å². The van der Waals surface area contributed by atoms with Gasteiger partial charge >= 0.3 is 0 Å². The summed E-state index contributed by atoms with van der Waals surface area (Å²) in [4.78, 5) is 3.89. The molecule has 1 aromatic carbocycles. The molecule has 0 atom stereocenters.